The van der Waals surface area contributed by atoms with E-state index in [1.807, 2.05) is 0 Å². The van der Waals surface area contributed by atoms with Crippen LogP contribution >= 0.6 is 34.2 Å². The highest BCUT2D eigenvalue weighted by atomic mass is 127. The Hall–Kier alpha value is -0.180. The van der Waals surface area contributed by atoms with Gasteiger partial charge in [0.15, 0.2) is 0 Å². The molecular formula is C8H4ClF5IN. The minimum absolute atomic E-state index is 0.301. The van der Waals surface area contributed by atoms with Gasteiger partial charge in [-0.15, -0.1) is 11.6 Å². The monoisotopic (exact) mass is 371 g/mol. The lowest BCUT2D eigenvalue weighted by Crippen LogP contribution is -2.12. The zero-order chi connectivity index (χ0) is 12.5. The fourth-order valence-electron chi connectivity index (χ4n) is 1.04. The van der Waals surface area contributed by atoms with Crippen LogP contribution < -0.4 is 0 Å². The standard InChI is InChI=1S/C8H4ClF5IN/c9-2-3-1-4(8(12,13)14)7(15)16-5(3)6(10)11/h1,6H,2H2. The highest BCUT2D eigenvalue weighted by molar-refractivity contribution is 14.1. The number of aromatic nitrogens is 1. The second kappa shape index (κ2) is 4.99. The van der Waals surface area contributed by atoms with Crippen LogP contribution in [0.25, 0.3) is 0 Å². The van der Waals surface area contributed by atoms with Gasteiger partial charge >= 0.3 is 6.18 Å². The molecule has 0 fully saturated rings. The Morgan fingerprint density at radius 2 is 1.94 bits per heavy atom. The van der Waals surface area contributed by atoms with Crippen molar-refractivity contribution in [2.75, 3.05) is 0 Å². The molecule has 0 saturated carbocycles. The summed E-state index contributed by atoms with van der Waals surface area (Å²) in [7, 11) is 0. The molecule has 90 valence electrons. The molecule has 1 rings (SSSR count). The number of pyridine rings is 1. The maximum Gasteiger partial charge on any atom is 0.418 e. The van der Waals surface area contributed by atoms with Crippen LogP contribution in [0.2, 0.25) is 0 Å². The summed E-state index contributed by atoms with van der Waals surface area (Å²) in [5, 5.41) is 0. The lowest BCUT2D eigenvalue weighted by molar-refractivity contribution is -0.138. The fourth-order valence-corrected chi connectivity index (χ4v) is 1.98. The minimum Gasteiger partial charge on any atom is -0.240 e. The summed E-state index contributed by atoms with van der Waals surface area (Å²) in [5.74, 6) is -0.438. The summed E-state index contributed by atoms with van der Waals surface area (Å²) in [6, 6.07) is 0.614. The Labute approximate surface area is 106 Å². The van der Waals surface area contributed by atoms with Crippen LogP contribution in [0, 0.1) is 3.70 Å². The Balaban J connectivity index is 3.37. The minimum atomic E-state index is -4.62. The Morgan fingerprint density at radius 3 is 2.31 bits per heavy atom. The number of halogens is 7. The molecule has 16 heavy (non-hydrogen) atoms. The van der Waals surface area contributed by atoms with Gasteiger partial charge < -0.3 is 0 Å². The van der Waals surface area contributed by atoms with Crippen LogP contribution in [0.1, 0.15) is 23.2 Å². The van der Waals surface area contributed by atoms with E-state index in [2.05, 4.69) is 4.98 Å². The molecule has 0 saturated heterocycles. The Bertz CT molecular complexity index is 393. The van der Waals surface area contributed by atoms with E-state index in [-0.39, 0.29) is 5.56 Å². The summed E-state index contributed by atoms with van der Waals surface area (Å²) in [4.78, 5) is 3.24. The molecule has 0 atom stereocenters. The second-order valence-corrected chi connectivity index (χ2v) is 4.09. The molecule has 0 unspecified atom stereocenters. The summed E-state index contributed by atoms with van der Waals surface area (Å²) in [6.45, 7) is 0. The van der Waals surface area contributed by atoms with E-state index in [0.29, 0.717) is 6.07 Å². The van der Waals surface area contributed by atoms with Gasteiger partial charge in [0.2, 0.25) is 0 Å². The lowest BCUT2D eigenvalue weighted by Gasteiger charge is -2.12. The lowest BCUT2D eigenvalue weighted by atomic mass is 10.1. The molecule has 1 nitrogen and oxygen atoms in total. The maximum absolute atomic E-state index is 12.4. The maximum atomic E-state index is 12.4. The highest BCUT2D eigenvalue weighted by Crippen LogP contribution is 2.35. The molecule has 0 aliphatic rings. The van der Waals surface area contributed by atoms with Crippen molar-refractivity contribution < 1.29 is 22.0 Å². The van der Waals surface area contributed by atoms with Crippen molar-refractivity contribution in [3.63, 3.8) is 0 Å². The third kappa shape index (κ3) is 2.93. The zero-order valence-corrected chi connectivity index (χ0v) is 10.4. The number of rotatable bonds is 2. The zero-order valence-electron chi connectivity index (χ0n) is 7.45. The SMILES string of the molecule is FC(F)c1nc(I)c(C(F)(F)F)cc1CCl. The largest absolute Gasteiger partial charge is 0.418 e. The van der Waals surface area contributed by atoms with Crippen molar-refractivity contribution in [1.82, 2.24) is 4.98 Å². The molecular weight excluding hydrogens is 367 g/mol. The molecule has 1 aromatic heterocycles. The number of hydrogen-bond donors (Lipinski definition) is 0. The topological polar surface area (TPSA) is 12.9 Å². The quantitative estimate of drug-likeness (QED) is 0.325. The molecule has 0 bridgehead atoms. The van der Waals surface area contributed by atoms with E-state index in [9.17, 15) is 22.0 Å². The van der Waals surface area contributed by atoms with E-state index >= 15 is 0 Å². The number of hydrogen-bond acceptors (Lipinski definition) is 1. The van der Waals surface area contributed by atoms with Crippen LogP contribution in [-0.2, 0) is 12.1 Å². The molecule has 8 heteroatoms. The van der Waals surface area contributed by atoms with E-state index < -0.39 is 33.4 Å². The van der Waals surface area contributed by atoms with Gasteiger partial charge in [-0.3, -0.25) is 0 Å². The van der Waals surface area contributed by atoms with Gasteiger partial charge in [-0.05, 0) is 34.2 Å². The predicted molar refractivity (Wildman–Crippen MR) is 56.5 cm³/mol. The molecule has 0 aromatic carbocycles. The van der Waals surface area contributed by atoms with E-state index in [1.165, 1.54) is 22.6 Å². The Kier molecular flexibility index (Phi) is 4.33. The summed E-state index contributed by atoms with van der Waals surface area (Å²) < 4.78 is 61.6. The van der Waals surface area contributed by atoms with Gasteiger partial charge in [-0.1, -0.05) is 0 Å². The first-order chi connectivity index (χ1) is 7.27. The smallest absolute Gasteiger partial charge is 0.240 e. The first-order valence-corrected chi connectivity index (χ1v) is 5.49. The predicted octanol–water partition coefficient (Wildman–Crippen LogP) is 4.38. The van der Waals surface area contributed by atoms with Crippen molar-refractivity contribution in [1.29, 1.82) is 0 Å². The van der Waals surface area contributed by atoms with Crippen molar-refractivity contribution in [3.8, 4) is 0 Å². The molecule has 1 heterocycles. The van der Waals surface area contributed by atoms with Crippen molar-refractivity contribution in [2.24, 2.45) is 0 Å². The third-order valence-electron chi connectivity index (χ3n) is 1.74. The van der Waals surface area contributed by atoms with Gasteiger partial charge in [-0.25, -0.2) is 13.8 Å². The van der Waals surface area contributed by atoms with E-state index in [4.69, 9.17) is 11.6 Å². The van der Waals surface area contributed by atoms with Gasteiger partial charge in [0.25, 0.3) is 6.43 Å². The van der Waals surface area contributed by atoms with Crippen LogP contribution in [-0.4, -0.2) is 4.98 Å². The average Bonchev–Trinajstić information content (AvgIpc) is 2.15. The summed E-state index contributed by atoms with van der Waals surface area (Å²) in [5.41, 5.74) is -2.05. The molecule has 0 N–H and O–H groups in total. The number of nitrogens with zero attached hydrogens (tertiary/aromatic N) is 1. The normalized spacial score (nSPS) is 12.2. The molecule has 0 radical (unpaired) electrons. The van der Waals surface area contributed by atoms with Gasteiger partial charge in [-0.2, -0.15) is 13.2 Å². The Morgan fingerprint density at radius 1 is 1.38 bits per heavy atom. The molecule has 0 spiro atoms. The molecule has 0 aliphatic heterocycles. The van der Waals surface area contributed by atoms with Crippen LogP contribution in [0.3, 0.4) is 0 Å². The van der Waals surface area contributed by atoms with E-state index in [0.717, 1.165) is 0 Å². The molecule has 0 amide bonds. The average molecular weight is 371 g/mol. The fraction of sp³-hybridized carbons (Fsp3) is 0.375. The molecule has 1 aromatic rings. The third-order valence-corrected chi connectivity index (χ3v) is 2.85. The van der Waals surface area contributed by atoms with Crippen LogP contribution in [0.5, 0.6) is 0 Å². The highest BCUT2D eigenvalue weighted by Gasteiger charge is 2.35. The van der Waals surface area contributed by atoms with Gasteiger partial charge in [0, 0.05) is 5.88 Å². The van der Waals surface area contributed by atoms with Crippen LogP contribution in [0.15, 0.2) is 6.07 Å². The van der Waals surface area contributed by atoms with E-state index in [1.54, 1.807) is 0 Å². The summed E-state index contributed by atoms with van der Waals surface area (Å²) >= 11 is 6.58. The van der Waals surface area contributed by atoms with Gasteiger partial charge in [0.1, 0.15) is 9.39 Å². The van der Waals surface area contributed by atoms with Crippen molar-refractivity contribution in [2.45, 2.75) is 18.5 Å². The van der Waals surface area contributed by atoms with Crippen molar-refractivity contribution >= 4 is 34.2 Å². The molecule has 0 aliphatic carbocycles. The summed E-state index contributed by atoms with van der Waals surface area (Å²) in [6.07, 6.45) is -7.56. The van der Waals surface area contributed by atoms with Crippen molar-refractivity contribution in [3.05, 3.63) is 26.6 Å². The first kappa shape index (κ1) is 13.9. The number of alkyl halides is 6. The second-order valence-electron chi connectivity index (χ2n) is 2.80. The van der Waals surface area contributed by atoms with Gasteiger partial charge in [0.05, 0.1) is 5.56 Å². The first-order valence-electron chi connectivity index (χ1n) is 3.88. The van der Waals surface area contributed by atoms with Crippen LogP contribution in [0.4, 0.5) is 22.0 Å².